The van der Waals surface area contributed by atoms with Crippen LogP contribution in [0.4, 0.5) is 5.69 Å². The summed E-state index contributed by atoms with van der Waals surface area (Å²) in [6, 6.07) is 1.65. The van der Waals surface area contributed by atoms with Crippen molar-refractivity contribution in [3.8, 4) is 0 Å². The maximum atomic E-state index is 6.38. The normalized spacial score (nSPS) is 11.1. The number of halogens is 3. The molecule has 0 aliphatic carbocycles. The summed E-state index contributed by atoms with van der Waals surface area (Å²) in [5, 5.41) is 5.73. The van der Waals surface area contributed by atoms with Crippen molar-refractivity contribution in [3.05, 3.63) is 32.4 Å². The van der Waals surface area contributed by atoms with Gasteiger partial charge in [0, 0.05) is 23.3 Å². The van der Waals surface area contributed by atoms with Gasteiger partial charge in [-0.15, -0.1) is 0 Å². The van der Waals surface area contributed by atoms with Crippen LogP contribution in [-0.4, -0.2) is 11.5 Å². The monoisotopic (exact) mass is 330 g/mol. The number of nitrogens with zero attached hydrogens (tertiary/aromatic N) is 1. The molecule has 1 aromatic heterocycles. The summed E-state index contributed by atoms with van der Waals surface area (Å²) >= 11 is 18.8. The van der Waals surface area contributed by atoms with Crippen LogP contribution in [0.2, 0.25) is 15.1 Å². The zero-order chi connectivity index (χ0) is 14.9. The van der Waals surface area contributed by atoms with E-state index in [0.717, 1.165) is 41.7 Å². The summed E-state index contributed by atoms with van der Waals surface area (Å²) in [7, 11) is 0. The smallest absolute Gasteiger partial charge is 0.0928 e. The molecule has 2 rings (SSSR count). The Kier molecular flexibility index (Phi) is 5.00. The largest absolute Gasteiger partial charge is 0.384 e. The SMILES string of the molecule is CCCNc1c(C)c(CC)nc2c(Cl)cc(Cl)c(Cl)c12. The van der Waals surface area contributed by atoms with Gasteiger partial charge >= 0.3 is 0 Å². The minimum absolute atomic E-state index is 0.453. The first-order valence-corrected chi connectivity index (χ1v) is 7.85. The highest BCUT2D eigenvalue weighted by atomic mass is 35.5. The van der Waals surface area contributed by atoms with Gasteiger partial charge in [0.1, 0.15) is 0 Å². The van der Waals surface area contributed by atoms with Gasteiger partial charge in [0.25, 0.3) is 0 Å². The van der Waals surface area contributed by atoms with Gasteiger partial charge in [-0.2, -0.15) is 0 Å². The molecule has 108 valence electrons. The van der Waals surface area contributed by atoms with Gasteiger partial charge in [-0.25, -0.2) is 0 Å². The fourth-order valence-corrected chi connectivity index (χ4v) is 3.03. The summed E-state index contributed by atoms with van der Waals surface area (Å²) < 4.78 is 0. The first-order chi connectivity index (χ1) is 9.51. The molecular weight excluding hydrogens is 315 g/mol. The lowest BCUT2D eigenvalue weighted by atomic mass is 10.0. The Hall–Kier alpha value is -0.700. The summed E-state index contributed by atoms with van der Waals surface area (Å²) in [6.07, 6.45) is 1.87. The average molecular weight is 332 g/mol. The number of pyridine rings is 1. The highest BCUT2D eigenvalue weighted by Crippen LogP contribution is 2.41. The number of fused-ring (bicyclic) bond motifs is 1. The molecule has 2 aromatic rings. The van der Waals surface area contributed by atoms with Gasteiger partial charge in [0.2, 0.25) is 0 Å². The van der Waals surface area contributed by atoms with Gasteiger partial charge in [0.15, 0.2) is 0 Å². The number of anilines is 1. The van der Waals surface area contributed by atoms with Crippen molar-refractivity contribution in [2.45, 2.75) is 33.6 Å². The van der Waals surface area contributed by atoms with E-state index in [0.29, 0.717) is 20.6 Å². The third kappa shape index (κ3) is 2.69. The number of aromatic nitrogens is 1. The Morgan fingerprint density at radius 2 is 1.85 bits per heavy atom. The van der Waals surface area contributed by atoms with Crippen LogP contribution in [0.1, 0.15) is 31.5 Å². The van der Waals surface area contributed by atoms with Crippen LogP contribution < -0.4 is 5.32 Å². The van der Waals surface area contributed by atoms with Crippen LogP contribution in [0.25, 0.3) is 10.9 Å². The van der Waals surface area contributed by atoms with E-state index in [2.05, 4.69) is 31.1 Å². The number of aryl methyl sites for hydroxylation is 1. The summed E-state index contributed by atoms with van der Waals surface area (Å²) in [4.78, 5) is 4.65. The summed E-state index contributed by atoms with van der Waals surface area (Å²) in [5.74, 6) is 0. The van der Waals surface area contributed by atoms with E-state index in [4.69, 9.17) is 34.8 Å². The maximum Gasteiger partial charge on any atom is 0.0928 e. The van der Waals surface area contributed by atoms with E-state index in [-0.39, 0.29) is 0 Å². The van der Waals surface area contributed by atoms with Gasteiger partial charge in [-0.1, -0.05) is 48.7 Å². The van der Waals surface area contributed by atoms with Crippen molar-refractivity contribution >= 4 is 51.4 Å². The molecule has 5 heteroatoms. The fraction of sp³-hybridized carbons (Fsp3) is 0.400. The standard InChI is InChI=1S/C15H17Cl3N2/c1-4-6-19-14-8(3)11(5-2)20-15-10(17)7-9(16)13(18)12(14)15/h7H,4-6H2,1-3H3,(H,19,20). The van der Waals surface area contributed by atoms with Crippen LogP contribution in [0.15, 0.2) is 6.07 Å². The third-order valence-corrected chi connectivity index (χ3v) is 4.41. The molecule has 0 amide bonds. The first kappa shape index (κ1) is 15.7. The zero-order valence-corrected chi connectivity index (χ0v) is 14.0. The van der Waals surface area contributed by atoms with Crippen molar-refractivity contribution in [2.24, 2.45) is 0 Å². The molecule has 0 aliphatic rings. The van der Waals surface area contributed by atoms with E-state index in [9.17, 15) is 0 Å². The molecule has 0 aliphatic heterocycles. The molecule has 20 heavy (non-hydrogen) atoms. The Labute approximate surface area is 134 Å². The minimum atomic E-state index is 0.453. The predicted molar refractivity (Wildman–Crippen MR) is 89.7 cm³/mol. The van der Waals surface area contributed by atoms with Crippen molar-refractivity contribution in [1.82, 2.24) is 4.98 Å². The highest BCUT2D eigenvalue weighted by molar-refractivity contribution is 6.48. The van der Waals surface area contributed by atoms with Gasteiger partial charge in [-0.3, -0.25) is 4.98 Å². The molecule has 0 saturated carbocycles. The average Bonchev–Trinajstić information content (AvgIpc) is 2.43. The maximum absolute atomic E-state index is 6.38. The van der Waals surface area contributed by atoms with Crippen LogP contribution in [0, 0.1) is 6.92 Å². The molecule has 0 unspecified atom stereocenters. The van der Waals surface area contributed by atoms with Gasteiger partial charge < -0.3 is 5.32 Å². The van der Waals surface area contributed by atoms with E-state index in [1.54, 1.807) is 6.07 Å². The van der Waals surface area contributed by atoms with E-state index >= 15 is 0 Å². The second-order valence-corrected chi connectivity index (χ2v) is 5.91. The molecule has 1 heterocycles. The molecule has 0 saturated heterocycles. The van der Waals surface area contributed by atoms with Crippen molar-refractivity contribution in [3.63, 3.8) is 0 Å². The second-order valence-electron chi connectivity index (χ2n) is 4.72. The van der Waals surface area contributed by atoms with Gasteiger partial charge in [-0.05, 0) is 31.4 Å². The molecule has 0 bridgehead atoms. The van der Waals surface area contributed by atoms with Gasteiger partial charge in [0.05, 0.1) is 20.6 Å². The van der Waals surface area contributed by atoms with E-state index in [1.807, 2.05) is 0 Å². The van der Waals surface area contributed by atoms with Crippen LogP contribution >= 0.6 is 34.8 Å². The first-order valence-electron chi connectivity index (χ1n) is 6.71. The molecule has 0 spiro atoms. The summed E-state index contributed by atoms with van der Waals surface area (Å²) in [5.41, 5.74) is 3.83. The van der Waals surface area contributed by atoms with Crippen LogP contribution in [-0.2, 0) is 6.42 Å². The minimum Gasteiger partial charge on any atom is -0.384 e. The Balaban J connectivity index is 2.86. The number of benzene rings is 1. The molecule has 1 N–H and O–H groups in total. The second kappa shape index (κ2) is 6.38. The van der Waals surface area contributed by atoms with E-state index < -0.39 is 0 Å². The Morgan fingerprint density at radius 1 is 1.15 bits per heavy atom. The van der Waals surface area contributed by atoms with Crippen molar-refractivity contribution < 1.29 is 0 Å². The number of hydrogen-bond acceptors (Lipinski definition) is 2. The molecule has 0 radical (unpaired) electrons. The molecule has 0 atom stereocenters. The molecule has 2 nitrogen and oxygen atoms in total. The highest BCUT2D eigenvalue weighted by Gasteiger charge is 2.17. The molecule has 0 fully saturated rings. The lowest BCUT2D eigenvalue weighted by molar-refractivity contribution is 0.970. The summed E-state index contributed by atoms with van der Waals surface area (Å²) in [6.45, 7) is 7.11. The number of rotatable bonds is 4. The van der Waals surface area contributed by atoms with Crippen molar-refractivity contribution in [1.29, 1.82) is 0 Å². The zero-order valence-electron chi connectivity index (χ0n) is 11.8. The third-order valence-electron chi connectivity index (χ3n) is 3.34. The van der Waals surface area contributed by atoms with Crippen LogP contribution in [0.3, 0.4) is 0 Å². The number of nitrogens with one attached hydrogen (secondary N) is 1. The molecular formula is C15H17Cl3N2. The lowest BCUT2D eigenvalue weighted by Crippen LogP contribution is -2.06. The quantitative estimate of drug-likeness (QED) is 0.707. The Morgan fingerprint density at radius 3 is 2.45 bits per heavy atom. The fourth-order valence-electron chi connectivity index (χ4n) is 2.29. The van der Waals surface area contributed by atoms with Crippen molar-refractivity contribution in [2.75, 3.05) is 11.9 Å². The predicted octanol–water partition coefficient (Wildman–Crippen LogP) is 5.89. The molecule has 1 aromatic carbocycles. The number of hydrogen-bond donors (Lipinski definition) is 1. The Bertz CT molecular complexity index is 654. The lowest BCUT2D eigenvalue weighted by Gasteiger charge is -2.17. The van der Waals surface area contributed by atoms with Crippen LogP contribution in [0.5, 0.6) is 0 Å². The van der Waals surface area contributed by atoms with E-state index in [1.165, 1.54) is 0 Å². The topological polar surface area (TPSA) is 24.9 Å².